The molecule has 1 atom stereocenters. The second-order valence-electron chi connectivity index (χ2n) is 5.75. The Balaban J connectivity index is 2.52. The second kappa shape index (κ2) is 10.0. The van der Waals surface area contributed by atoms with Crippen molar-refractivity contribution in [3.8, 4) is 11.5 Å². The molecule has 26 heavy (non-hydrogen) atoms. The van der Waals surface area contributed by atoms with Crippen LogP contribution in [0.4, 0.5) is 0 Å². The van der Waals surface area contributed by atoms with Gasteiger partial charge < -0.3 is 14.0 Å². The number of phenolic OH excluding ortho intramolecular Hbond substituents is 1. The van der Waals surface area contributed by atoms with Crippen molar-refractivity contribution < 1.29 is 23.6 Å². The van der Waals surface area contributed by atoms with Gasteiger partial charge in [-0.1, -0.05) is 29.8 Å². The molecule has 0 saturated carbocycles. The van der Waals surface area contributed by atoms with Crippen LogP contribution in [0.3, 0.4) is 0 Å². The van der Waals surface area contributed by atoms with Crippen molar-refractivity contribution in [2.45, 2.75) is 38.7 Å². The summed E-state index contributed by atoms with van der Waals surface area (Å²) >= 11 is 9.37. The molecule has 0 amide bonds. The van der Waals surface area contributed by atoms with Gasteiger partial charge in [0.1, 0.15) is 27.9 Å². The normalized spacial score (nSPS) is 21.3. The van der Waals surface area contributed by atoms with Gasteiger partial charge in [0, 0.05) is 39.3 Å². The number of ether oxygens (including phenoxy) is 1. The number of benzene rings is 1. The highest BCUT2D eigenvalue weighted by atomic mass is 79.9. The van der Waals surface area contributed by atoms with E-state index < -0.39 is 5.97 Å². The molecule has 1 aromatic carbocycles. The van der Waals surface area contributed by atoms with Crippen LogP contribution >= 0.6 is 36.9 Å². The lowest BCUT2D eigenvalue weighted by atomic mass is 9.99. The van der Waals surface area contributed by atoms with E-state index in [4.69, 9.17) is 20.5 Å². The monoisotopic (exact) mass is 460 g/mol. The Kier molecular flexibility index (Phi) is 8.06. The molecule has 1 aromatic rings. The number of ketones is 1. The molecule has 0 fully saturated rings. The number of hydrogen-bond donors (Lipinski definition) is 1. The molecule has 0 aromatic heterocycles. The van der Waals surface area contributed by atoms with E-state index in [2.05, 4.69) is 14.8 Å². The maximum Gasteiger partial charge on any atom is 0.342 e. The Bertz CT molecular complexity index is 748. The molecular weight excluding hydrogens is 444 g/mol. The molecule has 0 unspecified atom stereocenters. The first-order valence-corrected chi connectivity index (χ1v) is 10.9. The maximum atomic E-state index is 12.6. The third-order valence-corrected chi connectivity index (χ3v) is 4.78. The number of aromatic hydroxyl groups is 1. The van der Waals surface area contributed by atoms with Gasteiger partial charge in [-0.15, -0.1) is 0 Å². The summed E-state index contributed by atoms with van der Waals surface area (Å²) in [6.07, 6.45) is 8.69. The van der Waals surface area contributed by atoms with Gasteiger partial charge >= 0.3 is 5.97 Å². The molecule has 1 N–H and O–H groups in total. The summed E-state index contributed by atoms with van der Waals surface area (Å²) in [5, 5.41) is 10.4. The summed E-state index contributed by atoms with van der Waals surface area (Å²) in [7, 11) is 0.852. The molecule has 140 valence electrons. The Morgan fingerprint density at radius 3 is 2.77 bits per heavy atom. The van der Waals surface area contributed by atoms with Gasteiger partial charge in [-0.2, -0.15) is 0 Å². The number of rotatable bonds is 2. The van der Waals surface area contributed by atoms with E-state index in [0.29, 0.717) is 6.42 Å². The van der Waals surface area contributed by atoms with Gasteiger partial charge in [-0.3, -0.25) is 4.79 Å². The minimum atomic E-state index is -0.729. The summed E-state index contributed by atoms with van der Waals surface area (Å²) in [6.45, 7) is 1.76. The first kappa shape index (κ1) is 20.9. The van der Waals surface area contributed by atoms with Crippen molar-refractivity contribution in [2.24, 2.45) is 0 Å². The topological polar surface area (TPSA) is 72.8 Å². The smallest absolute Gasteiger partial charge is 0.342 e. The van der Waals surface area contributed by atoms with Crippen molar-refractivity contribution in [2.75, 3.05) is 0 Å². The van der Waals surface area contributed by atoms with Crippen LogP contribution in [0, 0.1) is 0 Å². The number of phenols is 1. The number of fused-ring (bicyclic) bond motifs is 1. The van der Waals surface area contributed by atoms with Gasteiger partial charge in [-0.05, 0) is 25.8 Å². The van der Waals surface area contributed by atoms with Gasteiger partial charge in [-0.25, -0.2) is 4.79 Å². The number of carbonyl (C=O) groups excluding carboxylic acids is 2. The number of halogens is 2. The predicted molar refractivity (Wildman–Crippen MR) is 106 cm³/mol. The van der Waals surface area contributed by atoms with Gasteiger partial charge in [0.15, 0.2) is 11.5 Å². The zero-order chi connectivity index (χ0) is 19.1. The molecule has 1 aliphatic rings. The predicted octanol–water partition coefficient (Wildman–Crippen LogP) is 5.34. The van der Waals surface area contributed by atoms with Crippen LogP contribution < -0.4 is 4.18 Å². The number of cyclic esters (lactones) is 1. The van der Waals surface area contributed by atoms with E-state index >= 15 is 0 Å². The highest BCUT2D eigenvalue weighted by Gasteiger charge is 2.26. The number of allylic oxidation sites excluding steroid dienone is 3. The van der Waals surface area contributed by atoms with Crippen LogP contribution in [-0.2, 0) is 16.0 Å². The average molecular weight is 462 g/mol. The van der Waals surface area contributed by atoms with Gasteiger partial charge in [0.05, 0.1) is 5.02 Å². The summed E-state index contributed by atoms with van der Waals surface area (Å²) < 4.78 is 10.6. The molecule has 5 nitrogen and oxygen atoms in total. The van der Waals surface area contributed by atoms with Crippen molar-refractivity contribution >= 4 is 48.6 Å². The Morgan fingerprint density at radius 1 is 1.31 bits per heavy atom. The fraction of sp³-hybridized carbons (Fsp3) is 0.333. The zero-order valence-corrected chi connectivity index (χ0v) is 17.2. The minimum Gasteiger partial charge on any atom is -0.507 e. The van der Waals surface area contributed by atoms with E-state index in [-0.39, 0.29) is 46.0 Å². The highest BCUT2D eigenvalue weighted by Crippen LogP contribution is 2.40. The summed E-state index contributed by atoms with van der Waals surface area (Å²) in [6, 6.07) is 1.23. The lowest BCUT2D eigenvalue weighted by Gasteiger charge is -2.17. The van der Waals surface area contributed by atoms with Crippen LogP contribution in [0.1, 0.15) is 42.1 Å². The lowest BCUT2D eigenvalue weighted by Crippen LogP contribution is -2.17. The van der Waals surface area contributed by atoms with E-state index in [9.17, 15) is 14.7 Å². The van der Waals surface area contributed by atoms with Crippen molar-refractivity contribution in [1.29, 1.82) is 0 Å². The van der Waals surface area contributed by atoms with Crippen LogP contribution in [-0.4, -0.2) is 23.0 Å². The second-order valence-corrected chi connectivity index (χ2v) is 7.22. The Labute approximate surface area is 168 Å². The van der Waals surface area contributed by atoms with Gasteiger partial charge in [0.25, 0.3) is 0 Å². The summed E-state index contributed by atoms with van der Waals surface area (Å²) in [5.74, 6) is -1.17. The molecule has 0 spiro atoms. The molecule has 0 bridgehead atoms. The van der Waals surface area contributed by atoms with Crippen molar-refractivity contribution in [3.05, 3.63) is 46.5 Å². The first-order valence-electron chi connectivity index (χ1n) is 7.99. The van der Waals surface area contributed by atoms with Crippen LogP contribution in [0.2, 0.25) is 5.02 Å². The van der Waals surface area contributed by atoms with Crippen LogP contribution in [0.25, 0.3) is 0 Å². The molecule has 1 aliphatic heterocycles. The standard InChI is InChI=1S/C18H18BrClO5S/c1-11-7-5-3-2-4-6-8-12(21)9-13-16(18(23)24-11)14(22)10-15(17(13)20)25-26-19/h3,5-6,8,10-11,22H,2,4,7,9H2,1H3/b5-3+,8-6+/t11-/m1/s1. The third-order valence-electron chi connectivity index (χ3n) is 3.73. The third kappa shape index (κ3) is 5.53. The van der Waals surface area contributed by atoms with Crippen molar-refractivity contribution in [3.63, 3.8) is 0 Å². The maximum absolute atomic E-state index is 12.6. The molecule has 2 rings (SSSR count). The Morgan fingerprint density at radius 2 is 2.04 bits per heavy atom. The SMILES string of the molecule is C[C@@H]1C/C=C/CC/C=C/C(=O)Cc2c(Cl)c(OSBr)cc(O)c2C(=O)O1. The minimum absolute atomic E-state index is 0.0862. The highest BCUT2D eigenvalue weighted by molar-refractivity contribution is 9.49. The molecule has 0 radical (unpaired) electrons. The summed E-state index contributed by atoms with van der Waals surface area (Å²) in [4.78, 5) is 24.9. The van der Waals surface area contributed by atoms with Crippen LogP contribution in [0.15, 0.2) is 30.4 Å². The largest absolute Gasteiger partial charge is 0.507 e. The van der Waals surface area contributed by atoms with Crippen molar-refractivity contribution in [1.82, 2.24) is 0 Å². The van der Waals surface area contributed by atoms with E-state index in [1.54, 1.807) is 13.0 Å². The number of esters is 1. The molecule has 0 saturated heterocycles. The lowest BCUT2D eigenvalue weighted by molar-refractivity contribution is -0.114. The fourth-order valence-corrected chi connectivity index (χ4v) is 3.42. The number of hydrogen-bond acceptors (Lipinski definition) is 6. The Hall–Kier alpha value is -1.44. The molecular formula is C18H18BrClO5S. The quantitative estimate of drug-likeness (QED) is 0.364. The first-order chi connectivity index (χ1) is 12.4. The average Bonchev–Trinajstić information content (AvgIpc) is 2.57. The zero-order valence-electron chi connectivity index (χ0n) is 14.0. The molecule has 8 heteroatoms. The molecule has 1 heterocycles. The molecule has 0 aliphatic carbocycles. The fourth-order valence-electron chi connectivity index (χ4n) is 2.50. The van der Waals surface area contributed by atoms with E-state index in [0.717, 1.165) is 23.3 Å². The number of carbonyl (C=O) groups is 2. The summed E-state index contributed by atoms with van der Waals surface area (Å²) in [5.41, 5.74) is 0.0687. The van der Waals surface area contributed by atoms with Gasteiger partial charge in [0.2, 0.25) is 0 Å². The van der Waals surface area contributed by atoms with E-state index in [1.807, 2.05) is 12.2 Å². The van der Waals surface area contributed by atoms with E-state index in [1.165, 1.54) is 12.1 Å². The van der Waals surface area contributed by atoms with Crippen LogP contribution in [0.5, 0.6) is 11.5 Å².